The van der Waals surface area contributed by atoms with E-state index >= 15 is 0 Å². The molecule has 2 unspecified atom stereocenters. The van der Waals surface area contributed by atoms with Crippen LogP contribution in [-0.4, -0.2) is 77.4 Å². The molecule has 1 aliphatic heterocycles. The first-order valence-corrected chi connectivity index (χ1v) is 12.8. The number of aliphatic hydroxyl groups excluding tert-OH is 2. The number of rotatable bonds is 7. The molecule has 1 fully saturated rings. The van der Waals surface area contributed by atoms with E-state index in [4.69, 9.17) is 15.3 Å². The summed E-state index contributed by atoms with van der Waals surface area (Å²) in [5.74, 6) is -0.343. The summed E-state index contributed by atoms with van der Waals surface area (Å²) in [5, 5.41) is 29.5. The molecule has 0 saturated carbocycles. The lowest BCUT2D eigenvalue weighted by Crippen LogP contribution is -2.41. The summed E-state index contributed by atoms with van der Waals surface area (Å²) in [6.45, 7) is -0.475. The van der Waals surface area contributed by atoms with Crippen molar-refractivity contribution in [3.05, 3.63) is 36.9 Å². The molecule has 3 heterocycles. The molecule has 33 heavy (non-hydrogen) atoms. The molecule has 0 aliphatic carbocycles. The molecule has 7 N–H and O–H groups in total. The highest BCUT2D eigenvalue weighted by Gasteiger charge is 2.44. The molecule has 1 aromatic carbocycles. The Labute approximate surface area is 188 Å². The fourth-order valence-corrected chi connectivity index (χ4v) is 7.16. The van der Waals surface area contributed by atoms with E-state index in [-0.39, 0.29) is 21.9 Å². The number of sulfonamides is 1. The predicted octanol–water partition coefficient (Wildman–Crippen LogP) is -1.28. The van der Waals surface area contributed by atoms with Gasteiger partial charge in [0.25, 0.3) is 0 Å². The van der Waals surface area contributed by atoms with Crippen LogP contribution in [0.25, 0.3) is 11.2 Å². The van der Waals surface area contributed by atoms with Gasteiger partial charge in [0.2, 0.25) is 10.0 Å². The summed E-state index contributed by atoms with van der Waals surface area (Å²) in [6.07, 6.45) is -2.76. The van der Waals surface area contributed by atoms with Crippen LogP contribution in [0, 0.1) is 4.78 Å². The molecule has 0 amide bonds. The first-order chi connectivity index (χ1) is 15.5. The number of hydrogen-bond acceptors (Lipinski definition) is 12. The number of para-hydroxylation sites is 1. The highest BCUT2D eigenvalue weighted by atomic mass is 32.3. The van der Waals surface area contributed by atoms with Crippen molar-refractivity contribution in [2.75, 3.05) is 17.4 Å². The summed E-state index contributed by atoms with van der Waals surface area (Å²) in [5.41, 5.74) is 6.26. The molecule has 14 nitrogen and oxygen atoms in total. The molecule has 178 valence electrons. The summed E-state index contributed by atoms with van der Waals surface area (Å²) in [6, 6.07) is 5.28. The smallest absolute Gasteiger partial charge is 0.224 e. The number of benzene rings is 1. The zero-order valence-corrected chi connectivity index (χ0v) is 18.5. The number of ether oxygens (including phenoxy) is 1. The fraction of sp³-hybridized carbons (Fsp3) is 0.353. The number of nitrogens with two attached hydrogens (primary N) is 1. The van der Waals surface area contributed by atoms with Crippen LogP contribution in [0.2, 0.25) is 0 Å². The second-order valence-corrected chi connectivity index (χ2v) is 11.6. The van der Waals surface area contributed by atoms with E-state index < -0.39 is 61.7 Å². The summed E-state index contributed by atoms with van der Waals surface area (Å²) < 4.78 is 54.6. The number of imidazole rings is 1. The van der Waals surface area contributed by atoms with Crippen molar-refractivity contribution in [2.45, 2.75) is 29.4 Å². The summed E-state index contributed by atoms with van der Waals surface area (Å²) in [4.78, 5) is 11.6. The molecule has 16 heteroatoms. The number of nitrogens with one attached hydrogen (secondary N) is 2. The lowest BCUT2D eigenvalue weighted by molar-refractivity contribution is -0.0330. The number of fused-ring (bicyclic) bond motifs is 1. The molecule has 1 aliphatic rings. The van der Waals surface area contributed by atoms with E-state index in [0.717, 1.165) is 0 Å². The fourth-order valence-electron chi connectivity index (χ4n) is 3.45. The van der Waals surface area contributed by atoms with Crippen LogP contribution >= 0.6 is 0 Å². The number of nitrogen functional groups attached to an aromatic ring is 1. The Morgan fingerprint density at radius 1 is 1.15 bits per heavy atom. The Balaban J connectivity index is 1.47. The van der Waals surface area contributed by atoms with E-state index in [1.807, 2.05) is 0 Å². The van der Waals surface area contributed by atoms with Gasteiger partial charge >= 0.3 is 0 Å². The van der Waals surface area contributed by atoms with Crippen LogP contribution < -0.4 is 10.5 Å². The highest BCUT2D eigenvalue weighted by molar-refractivity contribution is 8.07. The summed E-state index contributed by atoms with van der Waals surface area (Å²) in [7, 11) is -8.18. The second kappa shape index (κ2) is 8.47. The zero-order chi connectivity index (χ0) is 24.0. The first-order valence-electron chi connectivity index (χ1n) is 9.46. The van der Waals surface area contributed by atoms with E-state index in [0.29, 0.717) is 0 Å². The normalized spacial score (nSPS) is 25.3. The van der Waals surface area contributed by atoms with Crippen LogP contribution in [0.15, 0.2) is 41.8 Å². The van der Waals surface area contributed by atoms with E-state index in [1.54, 1.807) is 0 Å². The van der Waals surface area contributed by atoms with Crippen molar-refractivity contribution in [3.8, 4) is 5.75 Å². The number of anilines is 1. The first kappa shape index (κ1) is 23.3. The van der Waals surface area contributed by atoms with Gasteiger partial charge in [-0.3, -0.25) is 4.57 Å². The van der Waals surface area contributed by atoms with Gasteiger partial charge in [0.15, 0.2) is 22.8 Å². The number of aromatic hydroxyl groups is 1. The Kier molecular flexibility index (Phi) is 5.97. The topological polar surface area (TPSA) is 227 Å². The molecule has 0 bridgehead atoms. The molecule has 5 atom stereocenters. The van der Waals surface area contributed by atoms with Crippen LogP contribution in [0.5, 0.6) is 5.75 Å². The monoisotopic (exact) mass is 499 g/mol. The van der Waals surface area contributed by atoms with E-state index in [1.165, 1.54) is 41.5 Å². The van der Waals surface area contributed by atoms with Crippen LogP contribution in [-0.2, 0) is 24.5 Å². The second-order valence-electron chi connectivity index (χ2n) is 7.35. The van der Waals surface area contributed by atoms with Crippen molar-refractivity contribution >= 4 is 36.7 Å². The number of nitrogens with zero attached hydrogens (tertiary/aromatic N) is 4. The van der Waals surface area contributed by atoms with Crippen LogP contribution in [0.4, 0.5) is 5.82 Å². The van der Waals surface area contributed by atoms with Gasteiger partial charge in [0.05, 0.1) is 21.0 Å². The van der Waals surface area contributed by atoms with E-state index in [2.05, 4.69) is 19.7 Å². The van der Waals surface area contributed by atoms with Gasteiger partial charge in [-0.1, -0.05) is 12.1 Å². The van der Waals surface area contributed by atoms with Crippen molar-refractivity contribution in [3.63, 3.8) is 0 Å². The van der Waals surface area contributed by atoms with Gasteiger partial charge in [-0.15, -0.1) is 0 Å². The maximum Gasteiger partial charge on any atom is 0.224 e. The maximum atomic E-state index is 12.6. The van der Waals surface area contributed by atoms with Gasteiger partial charge < -0.3 is 25.8 Å². The van der Waals surface area contributed by atoms with Crippen LogP contribution in [0.1, 0.15) is 6.23 Å². The molecule has 1 saturated heterocycles. The standard InChI is InChI=1S/C17H21N7O7S2/c18-15-12-16(21-6-20-15)24(7-22-12)17-14(27)13(26)10(31-17)5-23-33(29,30)8-32(19,28)11-4-2-1-3-9(11)25/h1-4,6-7,10,13-14,17,19,23,25-27H,5,8H2,(H2,18,20,21)/t10-,13+,14?,17-,32?/m1/s1. The van der Waals surface area contributed by atoms with Gasteiger partial charge in [0.1, 0.15) is 35.9 Å². The van der Waals surface area contributed by atoms with Crippen molar-refractivity contribution in [2.24, 2.45) is 0 Å². The van der Waals surface area contributed by atoms with Gasteiger partial charge in [0, 0.05) is 6.54 Å². The molecular weight excluding hydrogens is 478 g/mol. The molecule has 0 radical (unpaired) electrons. The average Bonchev–Trinajstić information content (AvgIpc) is 3.28. The zero-order valence-electron chi connectivity index (χ0n) is 16.8. The maximum absolute atomic E-state index is 12.6. The SMILES string of the molecule is N=S(=O)(CS(=O)(=O)NC[C@H]1O[C@@H](n2cnc3c(N)ncnc32)C(O)[C@H]1O)c1ccccc1O. The third-order valence-corrected chi connectivity index (χ3v) is 9.28. The minimum absolute atomic E-state index is 0.111. The minimum atomic E-state index is -4.30. The minimum Gasteiger partial charge on any atom is -0.507 e. The number of aromatic nitrogens is 4. The number of phenolic OH excluding ortho intramolecular Hbond substituents is 1. The van der Waals surface area contributed by atoms with Gasteiger partial charge in [-0.25, -0.2) is 37.1 Å². The van der Waals surface area contributed by atoms with E-state index in [9.17, 15) is 27.9 Å². The highest BCUT2D eigenvalue weighted by Crippen LogP contribution is 2.32. The Hall–Kier alpha value is -2.89. The molecular formula is C17H21N7O7S2. The number of hydrogen-bond donors (Lipinski definition) is 6. The largest absolute Gasteiger partial charge is 0.507 e. The third kappa shape index (κ3) is 4.48. The lowest BCUT2D eigenvalue weighted by atomic mass is 10.1. The molecule has 4 rings (SSSR count). The molecule has 2 aromatic heterocycles. The number of phenols is 1. The van der Waals surface area contributed by atoms with Crippen LogP contribution in [0.3, 0.4) is 0 Å². The quantitative estimate of drug-likeness (QED) is 0.224. The molecule has 0 spiro atoms. The Morgan fingerprint density at radius 2 is 1.88 bits per heavy atom. The molecule has 3 aromatic rings. The lowest BCUT2D eigenvalue weighted by Gasteiger charge is -2.17. The van der Waals surface area contributed by atoms with Gasteiger partial charge in [-0.2, -0.15) is 0 Å². The van der Waals surface area contributed by atoms with Gasteiger partial charge in [-0.05, 0) is 12.1 Å². The van der Waals surface area contributed by atoms with Crippen molar-refractivity contribution in [1.29, 1.82) is 4.78 Å². The van der Waals surface area contributed by atoms with Crippen molar-refractivity contribution < 1.29 is 32.7 Å². The Bertz CT molecular complexity index is 1390. The third-order valence-electron chi connectivity index (χ3n) is 5.04. The van der Waals surface area contributed by atoms with Crippen molar-refractivity contribution in [1.82, 2.24) is 24.2 Å². The predicted molar refractivity (Wildman–Crippen MR) is 115 cm³/mol. The summed E-state index contributed by atoms with van der Waals surface area (Å²) >= 11 is 0. The number of aliphatic hydroxyl groups is 2. The average molecular weight is 500 g/mol. The Morgan fingerprint density at radius 3 is 2.61 bits per heavy atom.